The van der Waals surface area contributed by atoms with Crippen LogP contribution in [0.1, 0.15) is 25.7 Å². The summed E-state index contributed by atoms with van der Waals surface area (Å²) in [6.07, 6.45) is 4.55. The average Bonchev–Trinajstić information content (AvgIpc) is 1.97. The Balaban J connectivity index is 2.17. The van der Waals surface area contributed by atoms with Crippen molar-refractivity contribution in [3.63, 3.8) is 0 Å². The maximum Gasteiger partial charge on any atom is 0.0906 e. The summed E-state index contributed by atoms with van der Waals surface area (Å²) in [5.74, 6) is 0.669. The summed E-state index contributed by atoms with van der Waals surface area (Å²) in [6.45, 7) is 1.60. The van der Waals surface area contributed by atoms with Gasteiger partial charge in [0.05, 0.1) is 6.67 Å². The van der Waals surface area contributed by atoms with Crippen LogP contribution in [0.2, 0.25) is 0 Å². The van der Waals surface area contributed by atoms with E-state index in [1.807, 2.05) is 0 Å². The maximum absolute atomic E-state index is 11.9. The lowest BCUT2D eigenvalue weighted by Crippen LogP contribution is -2.41. The first-order valence-corrected chi connectivity index (χ1v) is 5.28. The van der Waals surface area contributed by atoms with E-state index in [2.05, 4.69) is 4.90 Å². The summed E-state index contributed by atoms with van der Waals surface area (Å²) in [5.41, 5.74) is 0. The Labute approximate surface area is 78.9 Å². The monoisotopic (exact) mass is 193 g/mol. The first kappa shape index (κ1) is 10.3. The second-order valence-corrected chi connectivity index (χ2v) is 3.73. The Bertz CT molecular complexity index is 117. The summed E-state index contributed by atoms with van der Waals surface area (Å²) in [4.78, 5) is 2.33. The number of hydrogen-bond donors (Lipinski definition) is 0. The van der Waals surface area contributed by atoms with Crippen LogP contribution in [-0.2, 0) is 0 Å². The minimum Gasteiger partial charge on any atom is -0.299 e. The van der Waals surface area contributed by atoms with Crippen molar-refractivity contribution < 1.29 is 4.39 Å². The number of nitrogens with zero attached hydrogens (tertiary/aromatic N) is 1. The van der Waals surface area contributed by atoms with Crippen molar-refractivity contribution in [2.45, 2.75) is 31.7 Å². The van der Waals surface area contributed by atoms with E-state index in [1.54, 1.807) is 0 Å². The largest absolute Gasteiger partial charge is 0.299 e. The van der Waals surface area contributed by atoms with E-state index in [4.69, 9.17) is 11.6 Å². The molecule has 1 fully saturated rings. The van der Waals surface area contributed by atoms with Crippen molar-refractivity contribution in [2.24, 2.45) is 0 Å². The van der Waals surface area contributed by atoms with Crippen LogP contribution in [-0.4, -0.2) is 36.6 Å². The molecule has 0 atom stereocenters. The van der Waals surface area contributed by atoms with Gasteiger partial charge in [0.15, 0.2) is 0 Å². The topological polar surface area (TPSA) is 3.24 Å². The zero-order valence-electron chi connectivity index (χ0n) is 7.44. The first-order valence-electron chi connectivity index (χ1n) is 4.74. The van der Waals surface area contributed by atoms with Gasteiger partial charge in [-0.3, -0.25) is 9.29 Å². The van der Waals surface area contributed by atoms with Gasteiger partial charge in [-0.15, -0.1) is 11.6 Å². The highest BCUT2D eigenvalue weighted by Gasteiger charge is 2.23. The lowest BCUT2D eigenvalue weighted by Gasteiger charge is -2.37. The van der Waals surface area contributed by atoms with Crippen LogP contribution >= 0.6 is 11.6 Å². The van der Waals surface area contributed by atoms with Gasteiger partial charge in [-0.25, -0.2) is 0 Å². The highest BCUT2D eigenvalue weighted by atomic mass is 35.5. The van der Waals surface area contributed by atoms with Crippen LogP contribution in [0.5, 0.6) is 0 Å². The summed E-state index contributed by atoms with van der Waals surface area (Å²) in [6, 6.07) is 0.704. The molecule has 0 aromatic rings. The van der Waals surface area contributed by atoms with Crippen LogP contribution in [0.4, 0.5) is 4.39 Å². The molecule has 0 spiro atoms. The van der Waals surface area contributed by atoms with Crippen LogP contribution in [0.25, 0.3) is 0 Å². The quantitative estimate of drug-likeness (QED) is 0.586. The smallest absolute Gasteiger partial charge is 0.0906 e. The molecule has 0 N–H and O–H groups in total. The molecule has 0 aromatic heterocycles. The molecule has 1 saturated carbocycles. The number of halogens is 2. The molecule has 1 aliphatic carbocycles. The van der Waals surface area contributed by atoms with Crippen LogP contribution < -0.4 is 0 Å². The van der Waals surface area contributed by atoms with Crippen molar-refractivity contribution >= 4 is 11.6 Å². The van der Waals surface area contributed by atoms with Gasteiger partial charge in [-0.1, -0.05) is 6.42 Å². The van der Waals surface area contributed by atoms with Crippen molar-refractivity contribution in [3.8, 4) is 0 Å². The van der Waals surface area contributed by atoms with Crippen molar-refractivity contribution in [3.05, 3.63) is 0 Å². The Morgan fingerprint density at radius 3 is 2.50 bits per heavy atom. The van der Waals surface area contributed by atoms with Crippen LogP contribution in [0.3, 0.4) is 0 Å². The van der Waals surface area contributed by atoms with E-state index < -0.39 is 0 Å². The fraction of sp³-hybridized carbons (Fsp3) is 1.00. The van der Waals surface area contributed by atoms with Gasteiger partial charge in [0.25, 0.3) is 0 Å². The minimum atomic E-state index is -0.203. The molecule has 12 heavy (non-hydrogen) atoms. The fourth-order valence-electron chi connectivity index (χ4n) is 1.60. The summed E-state index contributed by atoms with van der Waals surface area (Å²) in [7, 11) is 0. The van der Waals surface area contributed by atoms with Gasteiger partial charge in [0.1, 0.15) is 0 Å². The zero-order valence-corrected chi connectivity index (χ0v) is 8.19. The summed E-state index contributed by atoms with van der Waals surface area (Å²) >= 11 is 5.66. The standard InChI is InChI=1S/C9H17ClFN/c10-5-8-12(7-2-6-11)9-3-1-4-9/h9H,1-8H2. The molecule has 72 valence electrons. The Kier molecular flexibility index (Phi) is 4.93. The van der Waals surface area contributed by atoms with Gasteiger partial charge in [-0.05, 0) is 19.3 Å². The maximum atomic E-state index is 11.9. The number of alkyl halides is 2. The molecule has 1 rings (SSSR count). The fourth-order valence-corrected chi connectivity index (χ4v) is 1.82. The molecule has 1 nitrogen and oxygen atoms in total. The molecule has 0 aliphatic heterocycles. The Morgan fingerprint density at radius 1 is 1.33 bits per heavy atom. The molecular weight excluding hydrogens is 177 g/mol. The van der Waals surface area contributed by atoms with E-state index in [1.165, 1.54) is 19.3 Å². The third kappa shape index (κ3) is 2.91. The molecule has 1 aliphatic rings. The normalized spacial score (nSPS) is 18.2. The molecule has 0 radical (unpaired) electrons. The molecule has 0 amide bonds. The van der Waals surface area contributed by atoms with E-state index in [0.29, 0.717) is 18.3 Å². The minimum absolute atomic E-state index is 0.203. The lowest BCUT2D eigenvalue weighted by molar-refractivity contribution is 0.130. The summed E-state index contributed by atoms with van der Waals surface area (Å²) in [5, 5.41) is 0. The summed E-state index contributed by atoms with van der Waals surface area (Å²) < 4.78 is 11.9. The third-order valence-corrected chi connectivity index (χ3v) is 2.71. The highest BCUT2D eigenvalue weighted by molar-refractivity contribution is 6.18. The Hall–Kier alpha value is 0.180. The molecule has 3 heteroatoms. The van der Waals surface area contributed by atoms with E-state index >= 15 is 0 Å². The van der Waals surface area contributed by atoms with Gasteiger partial charge in [-0.2, -0.15) is 0 Å². The van der Waals surface area contributed by atoms with Gasteiger partial charge < -0.3 is 0 Å². The molecular formula is C9H17ClFN. The van der Waals surface area contributed by atoms with Crippen molar-refractivity contribution in [2.75, 3.05) is 25.6 Å². The van der Waals surface area contributed by atoms with E-state index in [-0.39, 0.29) is 6.67 Å². The Morgan fingerprint density at radius 2 is 2.08 bits per heavy atom. The van der Waals surface area contributed by atoms with Crippen LogP contribution in [0.15, 0.2) is 0 Å². The third-order valence-electron chi connectivity index (χ3n) is 2.54. The predicted molar refractivity (Wildman–Crippen MR) is 50.5 cm³/mol. The van der Waals surface area contributed by atoms with Crippen molar-refractivity contribution in [1.29, 1.82) is 0 Å². The second kappa shape index (κ2) is 5.76. The SMILES string of the molecule is FCCCN(CCCl)C1CCC1. The van der Waals surface area contributed by atoms with Gasteiger partial charge in [0.2, 0.25) is 0 Å². The highest BCUT2D eigenvalue weighted by Crippen LogP contribution is 2.24. The lowest BCUT2D eigenvalue weighted by atomic mass is 9.91. The first-order chi connectivity index (χ1) is 5.88. The zero-order chi connectivity index (χ0) is 8.81. The molecule has 0 saturated heterocycles. The van der Waals surface area contributed by atoms with Gasteiger partial charge in [0, 0.05) is 25.0 Å². The van der Waals surface area contributed by atoms with E-state index in [9.17, 15) is 4.39 Å². The second-order valence-electron chi connectivity index (χ2n) is 3.35. The predicted octanol–water partition coefficient (Wildman–Crippen LogP) is 2.44. The molecule has 0 bridgehead atoms. The molecule has 0 unspecified atom stereocenters. The molecule has 0 aromatic carbocycles. The number of rotatable bonds is 6. The number of hydrogen-bond acceptors (Lipinski definition) is 1. The average molecular weight is 194 g/mol. The molecule has 0 heterocycles. The van der Waals surface area contributed by atoms with E-state index in [0.717, 1.165) is 13.1 Å². The van der Waals surface area contributed by atoms with Gasteiger partial charge >= 0.3 is 0 Å². The van der Waals surface area contributed by atoms with Crippen molar-refractivity contribution in [1.82, 2.24) is 4.90 Å². The van der Waals surface area contributed by atoms with Crippen LogP contribution in [0, 0.1) is 0 Å².